The van der Waals surface area contributed by atoms with Gasteiger partial charge in [-0.25, -0.2) is 4.39 Å². The second-order valence-corrected chi connectivity index (χ2v) is 7.02. The Morgan fingerprint density at radius 3 is 2.32 bits per heavy atom. The lowest BCUT2D eigenvalue weighted by Gasteiger charge is -2.35. The number of hydrogen-bond donors (Lipinski definition) is 1. The summed E-state index contributed by atoms with van der Waals surface area (Å²) >= 11 is 0. The topological polar surface area (TPSA) is 57.2 Å². The van der Waals surface area contributed by atoms with Gasteiger partial charge in [-0.1, -0.05) is 6.07 Å². The number of halogens is 1. The van der Waals surface area contributed by atoms with E-state index >= 15 is 0 Å². The number of piperazine rings is 1. The largest absolute Gasteiger partial charge is 0.368 e. The van der Waals surface area contributed by atoms with Gasteiger partial charge in [0.25, 0.3) is 0 Å². The van der Waals surface area contributed by atoms with Gasteiger partial charge < -0.3 is 15.1 Å². The average Bonchev–Trinajstić information content (AvgIpc) is 2.72. The molecule has 0 unspecified atom stereocenters. The molecule has 1 N–H and O–H groups in total. The van der Waals surface area contributed by atoms with E-state index in [0.29, 0.717) is 11.8 Å². The predicted molar refractivity (Wildman–Crippen MR) is 110 cm³/mol. The molecule has 4 rings (SSSR count). The SMILES string of the molecule is Cc1ccc(Nc2cnnc(N3CCN(c4ccc(F)cc4)CC3)n2)cc1C. The highest BCUT2D eigenvalue weighted by Gasteiger charge is 2.20. The van der Waals surface area contributed by atoms with Gasteiger partial charge in [0.2, 0.25) is 5.95 Å². The quantitative estimate of drug-likeness (QED) is 0.747. The number of anilines is 4. The zero-order valence-electron chi connectivity index (χ0n) is 16.1. The van der Waals surface area contributed by atoms with Crippen LogP contribution in [0, 0.1) is 19.7 Å². The summed E-state index contributed by atoms with van der Waals surface area (Å²) in [7, 11) is 0. The van der Waals surface area contributed by atoms with Crippen LogP contribution < -0.4 is 15.1 Å². The van der Waals surface area contributed by atoms with Crippen LogP contribution in [0.5, 0.6) is 0 Å². The number of aryl methyl sites for hydroxylation is 2. The number of aromatic nitrogens is 3. The average molecular weight is 378 g/mol. The Bertz CT molecular complexity index is 951. The Labute approximate surface area is 164 Å². The molecule has 1 saturated heterocycles. The van der Waals surface area contributed by atoms with Crippen molar-refractivity contribution in [3.63, 3.8) is 0 Å². The molecule has 1 aliphatic rings. The summed E-state index contributed by atoms with van der Waals surface area (Å²) < 4.78 is 13.1. The molecule has 1 fully saturated rings. The summed E-state index contributed by atoms with van der Waals surface area (Å²) in [5.74, 6) is 1.08. The van der Waals surface area contributed by atoms with E-state index in [0.717, 1.165) is 37.6 Å². The van der Waals surface area contributed by atoms with Crippen LogP contribution in [0.1, 0.15) is 11.1 Å². The van der Waals surface area contributed by atoms with Crippen molar-refractivity contribution in [2.75, 3.05) is 41.3 Å². The maximum absolute atomic E-state index is 13.1. The van der Waals surface area contributed by atoms with Gasteiger partial charge in [0.1, 0.15) is 5.82 Å². The molecule has 0 radical (unpaired) electrons. The van der Waals surface area contributed by atoms with Gasteiger partial charge in [0.15, 0.2) is 5.82 Å². The third kappa shape index (κ3) is 4.03. The lowest BCUT2D eigenvalue weighted by atomic mass is 10.1. The van der Waals surface area contributed by atoms with Gasteiger partial charge >= 0.3 is 0 Å². The van der Waals surface area contributed by atoms with E-state index in [-0.39, 0.29) is 5.82 Å². The number of nitrogens with zero attached hydrogens (tertiary/aromatic N) is 5. The van der Waals surface area contributed by atoms with Crippen LogP contribution in [-0.2, 0) is 0 Å². The van der Waals surface area contributed by atoms with Gasteiger partial charge in [-0.2, -0.15) is 10.1 Å². The van der Waals surface area contributed by atoms with Crippen LogP contribution in [0.25, 0.3) is 0 Å². The highest BCUT2D eigenvalue weighted by molar-refractivity contribution is 5.58. The van der Waals surface area contributed by atoms with Crippen LogP contribution in [-0.4, -0.2) is 41.4 Å². The molecule has 2 aromatic carbocycles. The zero-order chi connectivity index (χ0) is 19.5. The third-order valence-corrected chi connectivity index (χ3v) is 5.08. The minimum Gasteiger partial charge on any atom is -0.368 e. The van der Waals surface area contributed by atoms with E-state index in [2.05, 4.69) is 56.3 Å². The molecule has 0 atom stereocenters. The summed E-state index contributed by atoms with van der Waals surface area (Å²) in [5, 5.41) is 11.6. The van der Waals surface area contributed by atoms with Crippen LogP contribution in [0.4, 0.5) is 27.5 Å². The Morgan fingerprint density at radius 2 is 1.61 bits per heavy atom. The predicted octanol–water partition coefficient (Wildman–Crippen LogP) is 3.70. The molecule has 0 bridgehead atoms. The fourth-order valence-electron chi connectivity index (χ4n) is 3.27. The minimum atomic E-state index is -0.213. The van der Waals surface area contributed by atoms with Crippen molar-refractivity contribution in [1.29, 1.82) is 0 Å². The lowest BCUT2D eigenvalue weighted by Crippen LogP contribution is -2.47. The van der Waals surface area contributed by atoms with Crippen molar-refractivity contribution in [3.05, 3.63) is 65.6 Å². The fraction of sp³-hybridized carbons (Fsp3) is 0.286. The number of benzene rings is 2. The maximum atomic E-state index is 13.1. The highest BCUT2D eigenvalue weighted by Crippen LogP contribution is 2.21. The Kier molecular flexibility index (Phi) is 5.06. The summed E-state index contributed by atoms with van der Waals surface area (Å²) in [6.45, 7) is 7.39. The van der Waals surface area contributed by atoms with Gasteiger partial charge in [-0.05, 0) is 61.4 Å². The zero-order valence-corrected chi connectivity index (χ0v) is 16.1. The van der Waals surface area contributed by atoms with E-state index in [1.807, 2.05) is 18.2 Å². The Balaban J connectivity index is 1.42. The molecule has 144 valence electrons. The molecule has 2 heterocycles. The molecule has 3 aromatic rings. The second-order valence-electron chi connectivity index (χ2n) is 7.02. The molecular weight excluding hydrogens is 355 g/mol. The van der Waals surface area contributed by atoms with Gasteiger partial charge in [0.05, 0.1) is 6.20 Å². The summed E-state index contributed by atoms with van der Waals surface area (Å²) in [6.07, 6.45) is 1.63. The fourth-order valence-corrected chi connectivity index (χ4v) is 3.27. The molecule has 1 aromatic heterocycles. The van der Waals surface area contributed by atoms with E-state index in [4.69, 9.17) is 0 Å². The standard InChI is InChI=1S/C21H23FN6/c1-15-3-6-18(13-16(15)2)24-20-14-23-26-21(25-20)28-11-9-27(10-12-28)19-7-4-17(22)5-8-19/h3-8,13-14H,9-12H2,1-2H3,(H,24,25,26). The number of hydrogen-bond acceptors (Lipinski definition) is 6. The maximum Gasteiger partial charge on any atom is 0.247 e. The summed E-state index contributed by atoms with van der Waals surface area (Å²) in [6, 6.07) is 12.8. The van der Waals surface area contributed by atoms with E-state index in [9.17, 15) is 4.39 Å². The van der Waals surface area contributed by atoms with E-state index < -0.39 is 0 Å². The van der Waals surface area contributed by atoms with Crippen molar-refractivity contribution in [2.24, 2.45) is 0 Å². The molecule has 7 heteroatoms. The van der Waals surface area contributed by atoms with E-state index in [1.165, 1.54) is 23.3 Å². The first-order valence-corrected chi connectivity index (χ1v) is 9.38. The second kappa shape index (κ2) is 7.80. The molecule has 0 amide bonds. The first kappa shape index (κ1) is 18.2. The van der Waals surface area contributed by atoms with Crippen molar-refractivity contribution < 1.29 is 4.39 Å². The van der Waals surface area contributed by atoms with Crippen LogP contribution >= 0.6 is 0 Å². The number of rotatable bonds is 4. The van der Waals surface area contributed by atoms with Crippen molar-refractivity contribution in [2.45, 2.75) is 13.8 Å². The van der Waals surface area contributed by atoms with E-state index in [1.54, 1.807) is 6.20 Å². The first-order valence-electron chi connectivity index (χ1n) is 9.38. The summed E-state index contributed by atoms with van der Waals surface area (Å²) in [4.78, 5) is 8.99. The monoisotopic (exact) mass is 378 g/mol. The molecule has 1 aliphatic heterocycles. The molecule has 0 spiro atoms. The van der Waals surface area contributed by atoms with Gasteiger partial charge in [-0.15, -0.1) is 5.10 Å². The third-order valence-electron chi connectivity index (χ3n) is 5.08. The molecule has 0 aliphatic carbocycles. The number of nitrogens with one attached hydrogen (secondary N) is 1. The van der Waals surface area contributed by atoms with Crippen LogP contribution in [0.2, 0.25) is 0 Å². The summed E-state index contributed by atoms with van der Waals surface area (Å²) in [5.41, 5.74) is 4.50. The first-order chi connectivity index (χ1) is 13.6. The molecular formula is C21H23FN6. The Hall–Kier alpha value is -3.22. The lowest BCUT2D eigenvalue weighted by molar-refractivity contribution is 0.622. The van der Waals surface area contributed by atoms with Crippen LogP contribution in [0.3, 0.4) is 0 Å². The van der Waals surface area contributed by atoms with Crippen molar-refractivity contribution >= 4 is 23.1 Å². The highest BCUT2D eigenvalue weighted by atomic mass is 19.1. The van der Waals surface area contributed by atoms with Crippen LogP contribution in [0.15, 0.2) is 48.7 Å². The normalized spacial score (nSPS) is 14.2. The van der Waals surface area contributed by atoms with Gasteiger partial charge in [0, 0.05) is 37.6 Å². The molecule has 0 saturated carbocycles. The minimum absolute atomic E-state index is 0.213. The molecule has 28 heavy (non-hydrogen) atoms. The smallest absolute Gasteiger partial charge is 0.247 e. The molecule has 6 nitrogen and oxygen atoms in total. The van der Waals surface area contributed by atoms with Crippen molar-refractivity contribution in [1.82, 2.24) is 15.2 Å². The van der Waals surface area contributed by atoms with Gasteiger partial charge in [-0.3, -0.25) is 0 Å². The Morgan fingerprint density at radius 1 is 0.893 bits per heavy atom. The van der Waals surface area contributed by atoms with Crippen molar-refractivity contribution in [3.8, 4) is 0 Å².